The Morgan fingerprint density at radius 1 is 1.29 bits per heavy atom. The molecule has 2 heterocycles. The molecule has 2 fully saturated rings. The van der Waals surface area contributed by atoms with Crippen LogP contribution >= 0.6 is 0 Å². The highest BCUT2D eigenvalue weighted by Crippen LogP contribution is 2.41. The maximum absolute atomic E-state index is 6.13. The van der Waals surface area contributed by atoms with Crippen LogP contribution in [0.2, 0.25) is 0 Å². The van der Waals surface area contributed by atoms with E-state index in [0.29, 0.717) is 0 Å². The number of hydrogen-bond donors (Lipinski definition) is 1. The predicted molar refractivity (Wildman–Crippen MR) is 68.1 cm³/mol. The highest BCUT2D eigenvalue weighted by Gasteiger charge is 2.46. The quantitative estimate of drug-likeness (QED) is 0.688. The van der Waals surface area contributed by atoms with Gasteiger partial charge in [-0.25, -0.2) is 0 Å². The lowest BCUT2D eigenvalue weighted by molar-refractivity contribution is -0.129. The van der Waals surface area contributed by atoms with Gasteiger partial charge in [0.05, 0.1) is 18.8 Å². The molecule has 0 aromatic rings. The monoisotopic (exact) mass is 230 g/mol. The van der Waals surface area contributed by atoms with Gasteiger partial charge < -0.3 is 15.4 Å². The maximum atomic E-state index is 6.13. The van der Waals surface area contributed by atoms with Gasteiger partial charge in [0, 0.05) is 18.4 Å². The first-order valence-electron chi connectivity index (χ1n) is 6.09. The molecule has 0 saturated carbocycles. The smallest absolute Gasteiger partial charge is 0.0867 e. The molecule has 0 aromatic heterocycles. The summed E-state index contributed by atoms with van der Waals surface area (Å²) in [6.07, 6.45) is 12.4. The van der Waals surface area contributed by atoms with Gasteiger partial charge in [-0.3, -0.25) is 0 Å². The third kappa shape index (κ3) is 1.53. The van der Waals surface area contributed by atoms with E-state index in [9.17, 15) is 0 Å². The number of likely N-dealkylation sites (N-methyl/N-ethyl adjacent to an activating group) is 1. The van der Waals surface area contributed by atoms with Gasteiger partial charge in [-0.1, -0.05) is 18.2 Å². The van der Waals surface area contributed by atoms with E-state index >= 15 is 0 Å². The van der Waals surface area contributed by atoms with E-state index in [4.69, 9.17) is 10.5 Å². The molecule has 2 saturated heterocycles. The van der Waals surface area contributed by atoms with E-state index in [1.165, 1.54) is 11.3 Å². The minimum atomic E-state index is 0.215. The number of likely N-dealkylation sites (tertiary alicyclic amines) is 1. The third-order valence-electron chi connectivity index (χ3n) is 4.06. The van der Waals surface area contributed by atoms with Crippen molar-refractivity contribution in [1.82, 2.24) is 4.90 Å². The summed E-state index contributed by atoms with van der Waals surface area (Å²) in [7, 11) is 2.15. The van der Waals surface area contributed by atoms with Crippen molar-refractivity contribution in [3.05, 3.63) is 47.3 Å². The molecule has 0 atom stereocenters. The zero-order valence-electron chi connectivity index (χ0n) is 10.1. The van der Waals surface area contributed by atoms with Gasteiger partial charge in [0.15, 0.2) is 0 Å². The number of nitrogens with zero attached hydrogens (tertiary/aromatic N) is 1. The zero-order valence-corrected chi connectivity index (χ0v) is 10.1. The van der Waals surface area contributed by atoms with Crippen molar-refractivity contribution in [2.24, 2.45) is 5.73 Å². The van der Waals surface area contributed by atoms with E-state index in [-0.39, 0.29) is 5.54 Å². The minimum Gasteiger partial charge on any atom is -0.398 e. The molecule has 90 valence electrons. The van der Waals surface area contributed by atoms with E-state index in [0.717, 1.165) is 31.8 Å². The molecule has 1 spiro atoms. The van der Waals surface area contributed by atoms with Crippen LogP contribution in [0.4, 0.5) is 0 Å². The van der Waals surface area contributed by atoms with Crippen molar-refractivity contribution in [3.8, 4) is 0 Å². The molecule has 3 heteroatoms. The van der Waals surface area contributed by atoms with Gasteiger partial charge in [-0.05, 0) is 30.6 Å². The van der Waals surface area contributed by atoms with Crippen molar-refractivity contribution in [3.63, 3.8) is 0 Å². The fourth-order valence-corrected chi connectivity index (χ4v) is 2.76. The Morgan fingerprint density at radius 3 is 2.82 bits per heavy atom. The Balaban J connectivity index is 2.02. The van der Waals surface area contributed by atoms with Crippen molar-refractivity contribution in [2.75, 3.05) is 20.3 Å². The molecule has 2 N–H and O–H groups in total. The first-order valence-corrected chi connectivity index (χ1v) is 6.09. The maximum Gasteiger partial charge on any atom is 0.0867 e. The number of hydrogen-bond acceptors (Lipinski definition) is 3. The first-order chi connectivity index (χ1) is 8.23. The summed E-state index contributed by atoms with van der Waals surface area (Å²) in [6, 6.07) is 0. The van der Waals surface area contributed by atoms with Crippen molar-refractivity contribution >= 4 is 0 Å². The third-order valence-corrected chi connectivity index (χ3v) is 4.06. The van der Waals surface area contributed by atoms with Crippen LogP contribution in [0.5, 0.6) is 0 Å². The van der Waals surface area contributed by atoms with E-state index < -0.39 is 0 Å². The SMILES string of the molecule is CN1C2=C/C=C\C=C/C(N)=C2CCC12COC2. The Morgan fingerprint density at radius 2 is 2.12 bits per heavy atom. The standard InChI is InChI=1S/C14H18N2O/c1-16-13-6-4-2-3-5-12(15)11(13)7-8-14(16)9-17-10-14/h2-6H,7-10,15H2,1H3/b3-2?,4-2-,5-3-,6-4?,12-5?,12-11?,13-6?. The minimum absolute atomic E-state index is 0.215. The lowest BCUT2D eigenvalue weighted by atomic mass is 9.81. The van der Waals surface area contributed by atoms with Gasteiger partial charge >= 0.3 is 0 Å². The molecule has 0 bridgehead atoms. The molecular weight excluding hydrogens is 212 g/mol. The second-order valence-corrected chi connectivity index (χ2v) is 5.01. The number of rotatable bonds is 0. The second-order valence-electron chi connectivity index (χ2n) is 5.01. The van der Waals surface area contributed by atoms with Gasteiger partial charge in [-0.15, -0.1) is 0 Å². The summed E-state index contributed by atoms with van der Waals surface area (Å²) in [6.45, 7) is 1.68. The molecule has 0 radical (unpaired) electrons. The molecular formula is C14H18N2O. The molecule has 3 rings (SSSR count). The topological polar surface area (TPSA) is 38.5 Å². The molecule has 2 aliphatic heterocycles. The molecule has 0 unspecified atom stereocenters. The molecule has 1 aliphatic carbocycles. The molecule has 3 nitrogen and oxygen atoms in total. The van der Waals surface area contributed by atoms with Gasteiger partial charge in [0.25, 0.3) is 0 Å². The van der Waals surface area contributed by atoms with Crippen LogP contribution in [-0.2, 0) is 4.74 Å². The lowest BCUT2D eigenvalue weighted by Crippen LogP contribution is -2.62. The molecule has 17 heavy (non-hydrogen) atoms. The summed E-state index contributed by atoms with van der Waals surface area (Å²) < 4.78 is 5.40. The Hall–Kier alpha value is -1.48. The summed E-state index contributed by atoms with van der Waals surface area (Å²) in [5, 5.41) is 0. The number of fused-ring (bicyclic) bond motifs is 1. The number of ether oxygens (including phenoxy) is 1. The van der Waals surface area contributed by atoms with Crippen LogP contribution in [0.1, 0.15) is 12.8 Å². The van der Waals surface area contributed by atoms with Crippen LogP contribution in [0.15, 0.2) is 47.3 Å². The van der Waals surface area contributed by atoms with Crippen LogP contribution in [-0.4, -0.2) is 30.7 Å². The highest BCUT2D eigenvalue weighted by atomic mass is 16.5. The normalized spacial score (nSPS) is 29.9. The Bertz CT molecular complexity index is 453. The highest BCUT2D eigenvalue weighted by molar-refractivity contribution is 5.45. The number of piperidine rings is 1. The first kappa shape index (κ1) is 10.7. The largest absolute Gasteiger partial charge is 0.398 e. The number of nitrogens with two attached hydrogens (primary N) is 1. The summed E-state index contributed by atoms with van der Waals surface area (Å²) in [5.74, 6) is 0. The van der Waals surface area contributed by atoms with E-state index in [1.807, 2.05) is 18.2 Å². The summed E-state index contributed by atoms with van der Waals surface area (Å²) >= 11 is 0. The molecule has 0 aromatic carbocycles. The average Bonchev–Trinajstić information content (AvgIpc) is 2.25. The van der Waals surface area contributed by atoms with Crippen molar-refractivity contribution in [2.45, 2.75) is 18.4 Å². The van der Waals surface area contributed by atoms with Crippen LogP contribution in [0.25, 0.3) is 0 Å². The van der Waals surface area contributed by atoms with E-state index in [1.54, 1.807) is 0 Å². The van der Waals surface area contributed by atoms with Crippen LogP contribution in [0.3, 0.4) is 0 Å². The molecule has 3 aliphatic rings. The van der Waals surface area contributed by atoms with Gasteiger partial charge in [-0.2, -0.15) is 0 Å². The summed E-state index contributed by atoms with van der Waals surface area (Å²) in [4.78, 5) is 2.35. The average molecular weight is 230 g/mol. The second kappa shape index (κ2) is 3.77. The zero-order chi connectivity index (χ0) is 11.9. The summed E-state index contributed by atoms with van der Waals surface area (Å²) in [5.41, 5.74) is 9.75. The Labute approximate surface area is 102 Å². The fraction of sp³-hybridized carbons (Fsp3) is 0.429. The predicted octanol–water partition coefficient (Wildman–Crippen LogP) is 1.70. The van der Waals surface area contributed by atoms with E-state index in [2.05, 4.69) is 24.1 Å². The van der Waals surface area contributed by atoms with Gasteiger partial charge in [0.1, 0.15) is 0 Å². The van der Waals surface area contributed by atoms with Crippen molar-refractivity contribution < 1.29 is 4.74 Å². The Kier molecular flexibility index (Phi) is 2.37. The van der Waals surface area contributed by atoms with Gasteiger partial charge in [0.2, 0.25) is 0 Å². The fourth-order valence-electron chi connectivity index (χ4n) is 2.76. The lowest BCUT2D eigenvalue weighted by Gasteiger charge is -2.53. The van der Waals surface area contributed by atoms with Crippen molar-refractivity contribution in [1.29, 1.82) is 0 Å². The number of allylic oxidation sites excluding steroid dienone is 6. The molecule has 0 amide bonds. The van der Waals surface area contributed by atoms with Crippen LogP contribution in [0, 0.1) is 0 Å². The van der Waals surface area contributed by atoms with Crippen LogP contribution < -0.4 is 5.73 Å².